The van der Waals surface area contributed by atoms with Crippen molar-refractivity contribution in [2.45, 2.75) is 20.8 Å². The van der Waals surface area contributed by atoms with Gasteiger partial charge in [-0.25, -0.2) is 0 Å². The molecule has 0 rings (SSSR count). The molecule has 0 aromatic rings. The lowest BCUT2D eigenvalue weighted by Crippen LogP contribution is -2.44. The fraction of sp³-hybridized carbons (Fsp3) is 0.778. The van der Waals surface area contributed by atoms with Crippen molar-refractivity contribution in [3.63, 3.8) is 0 Å². The van der Waals surface area contributed by atoms with Crippen LogP contribution < -0.4 is 0 Å². The lowest BCUT2D eigenvalue weighted by molar-refractivity contribution is 0.0842. The molecule has 84 valence electrons. The van der Waals surface area contributed by atoms with Crippen molar-refractivity contribution in [2.75, 3.05) is 24.2 Å². The zero-order valence-electron chi connectivity index (χ0n) is 9.09. The van der Waals surface area contributed by atoms with Gasteiger partial charge in [0.25, 0.3) is 0 Å². The van der Waals surface area contributed by atoms with Crippen LogP contribution in [0, 0.1) is 0 Å². The van der Waals surface area contributed by atoms with E-state index in [0.29, 0.717) is 19.8 Å². The first kappa shape index (κ1) is 14.6. The summed E-state index contributed by atoms with van der Waals surface area (Å²) < 4.78 is 17.8. The minimum Gasteiger partial charge on any atom is -0.371 e. The van der Waals surface area contributed by atoms with Gasteiger partial charge in [0.05, 0.1) is 0 Å². The summed E-state index contributed by atoms with van der Waals surface area (Å²) in [5.74, 6) is 0. The maximum atomic E-state index is 5.62. The molecule has 0 aromatic heterocycles. The van der Waals surface area contributed by atoms with E-state index in [1.807, 2.05) is 32.5 Å². The number of rotatable bonds is 8. The molecule has 0 bridgehead atoms. The molecule has 0 spiro atoms. The number of hydrogen-bond acceptors (Lipinski definition) is 3. The van der Waals surface area contributed by atoms with Crippen LogP contribution in [0.2, 0.25) is 0 Å². The van der Waals surface area contributed by atoms with Gasteiger partial charge < -0.3 is 13.3 Å². The third kappa shape index (κ3) is 5.45. The number of alkyl halides is 1. The van der Waals surface area contributed by atoms with Gasteiger partial charge in [0.2, 0.25) is 0 Å². The molecule has 0 fully saturated rings. The van der Waals surface area contributed by atoms with Crippen LogP contribution in [0.4, 0.5) is 0 Å². The second-order valence-electron chi connectivity index (χ2n) is 2.46. The predicted octanol–water partition coefficient (Wildman–Crippen LogP) is 2.57. The molecule has 0 heterocycles. The second-order valence-corrected chi connectivity index (χ2v) is 5.75. The van der Waals surface area contributed by atoms with E-state index in [-0.39, 0.29) is 0 Å². The zero-order chi connectivity index (χ0) is 10.9. The minimum atomic E-state index is -2.50. The molecule has 0 atom stereocenters. The highest BCUT2D eigenvalue weighted by Gasteiger charge is 2.37. The molecule has 14 heavy (non-hydrogen) atoms. The Hall–Kier alpha value is 0.567. The van der Waals surface area contributed by atoms with Crippen LogP contribution in [-0.4, -0.2) is 33.1 Å². The highest BCUT2D eigenvalue weighted by Crippen LogP contribution is 2.12. The number of allylic oxidation sites excluding steroid dienone is 1. The van der Waals surface area contributed by atoms with E-state index in [0.717, 1.165) is 4.43 Å². The first-order valence-corrected chi connectivity index (χ1v) is 8.22. The van der Waals surface area contributed by atoms with Crippen molar-refractivity contribution < 1.29 is 13.3 Å². The molecular weight excluding hydrogens is 311 g/mol. The topological polar surface area (TPSA) is 27.7 Å². The van der Waals surface area contributed by atoms with E-state index < -0.39 is 8.80 Å². The van der Waals surface area contributed by atoms with Gasteiger partial charge in [0, 0.05) is 24.2 Å². The summed E-state index contributed by atoms with van der Waals surface area (Å²) in [7, 11) is -2.50. The second kappa shape index (κ2) is 8.84. The van der Waals surface area contributed by atoms with Crippen LogP contribution in [0.1, 0.15) is 20.8 Å². The molecule has 0 saturated carbocycles. The summed E-state index contributed by atoms with van der Waals surface area (Å²) in [5.41, 5.74) is 1.97. The largest absolute Gasteiger partial charge is 0.529 e. The Morgan fingerprint density at radius 2 is 1.43 bits per heavy atom. The van der Waals surface area contributed by atoms with Crippen LogP contribution in [0.3, 0.4) is 0 Å². The average Bonchev–Trinajstić information content (AvgIpc) is 2.16. The summed E-state index contributed by atoms with van der Waals surface area (Å²) in [6.45, 7) is 7.74. The molecule has 3 nitrogen and oxygen atoms in total. The van der Waals surface area contributed by atoms with Crippen LogP contribution >= 0.6 is 22.6 Å². The maximum Gasteiger partial charge on any atom is 0.529 e. The first-order chi connectivity index (χ1) is 6.74. The van der Waals surface area contributed by atoms with Crippen LogP contribution in [-0.2, 0) is 13.3 Å². The summed E-state index contributed by atoms with van der Waals surface area (Å²) in [4.78, 5) is 0. The van der Waals surface area contributed by atoms with E-state index in [9.17, 15) is 0 Å². The summed E-state index contributed by atoms with van der Waals surface area (Å²) >= 11 is 2.28. The van der Waals surface area contributed by atoms with Gasteiger partial charge in [-0.2, -0.15) is 0 Å². The van der Waals surface area contributed by atoms with Crippen molar-refractivity contribution >= 4 is 31.4 Å². The van der Waals surface area contributed by atoms with E-state index in [1.165, 1.54) is 0 Å². The molecule has 5 heteroatoms. The molecule has 0 aliphatic carbocycles. The Kier molecular flexibility index (Phi) is 9.20. The fourth-order valence-electron chi connectivity index (χ4n) is 1.06. The highest BCUT2D eigenvalue weighted by atomic mass is 127. The van der Waals surface area contributed by atoms with Crippen molar-refractivity contribution in [1.82, 2.24) is 0 Å². The zero-order valence-corrected chi connectivity index (χ0v) is 12.2. The normalized spacial score (nSPS) is 12.6. The fourth-order valence-corrected chi connectivity index (χ4v) is 3.95. The van der Waals surface area contributed by atoms with Gasteiger partial charge >= 0.3 is 8.80 Å². The van der Waals surface area contributed by atoms with E-state index >= 15 is 0 Å². The lowest BCUT2D eigenvalue weighted by Gasteiger charge is -2.25. The number of halogens is 1. The van der Waals surface area contributed by atoms with Gasteiger partial charge in [-0.1, -0.05) is 28.7 Å². The van der Waals surface area contributed by atoms with Gasteiger partial charge in [0.1, 0.15) is 0 Å². The third-order valence-corrected chi connectivity index (χ3v) is 4.67. The molecule has 0 saturated heterocycles. The van der Waals surface area contributed by atoms with Crippen molar-refractivity contribution in [3.05, 3.63) is 11.8 Å². The average molecular weight is 330 g/mol. The standard InChI is InChI=1S/C9H19IO3Si/c1-4-11-14(12-5-2,13-6-3)9-7-8-10/h7,9H,4-6,8H2,1-3H3/b9-7+. The van der Waals surface area contributed by atoms with Crippen LogP contribution in [0.25, 0.3) is 0 Å². The Morgan fingerprint density at radius 3 is 1.71 bits per heavy atom. The Bertz CT molecular complexity index is 147. The molecule has 0 unspecified atom stereocenters. The molecular formula is C9H19IO3Si. The van der Waals surface area contributed by atoms with E-state index in [4.69, 9.17) is 13.3 Å². The molecule has 0 amide bonds. The van der Waals surface area contributed by atoms with Gasteiger partial charge in [-0.05, 0) is 26.5 Å². The van der Waals surface area contributed by atoms with Crippen LogP contribution in [0.15, 0.2) is 11.8 Å². The van der Waals surface area contributed by atoms with Gasteiger partial charge in [-0.3, -0.25) is 0 Å². The summed E-state index contributed by atoms with van der Waals surface area (Å²) in [6.07, 6.45) is 2.04. The quantitative estimate of drug-likeness (QED) is 0.389. The molecule has 0 aromatic carbocycles. The van der Waals surface area contributed by atoms with E-state index in [1.54, 1.807) is 0 Å². The SMILES string of the molecule is CCO[Si](/C=C/CI)(OCC)OCC. The molecule has 0 aliphatic heterocycles. The molecule has 0 N–H and O–H groups in total. The van der Waals surface area contributed by atoms with Crippen molar-refractivity contribution in [1.29, 1.82) is 0 Å². The maximum absolute atomic E-state index is 5.62. The minimum absolute atomic E-state index is 0.623. The summed E-state index contributed by atoms with van der Waals surface area (Å²) in [6, 6.07) is 0. The Morgan fingerprint density at radius 1 is 1.00 bits per heavy atom. The van der Waals surface area contributed by atoms with Gasteiger partial charge in [0.15, 0.2) is 0 Å². The van der Waals surface area contributed by atoms with Crippen molar-refractivity contribution in [3.8, 4) is 0 Å². The van der Waals surface area contributed by atoms with Crippen LogP contribution in [0.5, 0.6) is 0 Å². The summed E-state index contributed by atoms with van der Waals surface area (Å²) in [5, 5.41) is 0. The highest BCUT2D eigenvalue weighted by molar-refractivity contribution is 14.1. The number of hydrogen-bond donors (Lipinski definition) is 0. The molecule has 0 radical (unpaired) electrons. The Balaban J connectivity index is 4.45. The lowest BCUT2D eigenvalue weighted by atomic mass is 10.8. The van der Waals surface area contributed by atoms with E-state index in [2.05, 4.69) is 22.6 Å². The van der Waals surface area contributed by atoms with Crippen molar-refractivity contribution in [2.24, 2.45) is 0 Å². The smallest absolute Gasteiger partial charge is 0.371 e. The molecule has 0 aliphatic rings. The first-order valence-electron chi connectivity index (χ1n) is 4.90. The predicted molar refractivity (Wildman–Crippen MR) is 68.7 cm³/mol. The monoisotopic (exact) mass is 330 g/mol. The Labute approximate surface area is 101 Å². The van der Waals surface area contributed by atoms with Gasteiger partial charge in [-0.15, -0.1) is 0 Å². The third-order valence-electron chi connectivity index (χ3n) is 1.45.